The van der Waals surface area contributed by atoms with E-state index in [-0.39, 0.29) is 5.56 Å². The van der Waals surface area contributed by atoms with Crippen molar-refractivity contribution >= 4 is 11.7 Å². The van der Waals surface area contributed by atoms with Gasteiger partial charge in [-0.15, -0.1) is 0 Å². The van der Waals surface area contributed by atoms with Gasteiger partial charge >= 0.3 is 0 Å². The highest BCUT2D eigenvalue weighted by Crippen LogP contribution is 2.26. The molecule has 0 bridgehead atoms. The summed E-state index contributed by atoms with van der Waals surface area (Å²) in [6.07, 6.45) is -0.0273. The number of benzene rings is 3. The maximum absolute atomic E-state index is 13.9. The molecule has 0 spiro atoms. The number of aliphatic imine (C=N–C) groups is 1. The van der Waals surface area contributed by atoms with E-state index in [2.05, 4.69) is 17.4 Å². The fraction of sp³-hybridized carbons (Fsp3) is 0.250. The second kappa shape index (κ2) is 12.4. The van der Waals surface area contributed by atoms with E-state index in [1.165, 1.54) is 0 Å². The third kappa shape index (κ3) is 6.09. The summed E-state index contributed by atoms with van der Waals surface area (Å²) in [6.45, 7) is 5.47. The average molecular weight is 568 g/mol. The molecule has 0 radical (unpaired) electrons. The predicted molar refractivity (Wildman–Crippen MR) is 159 cm³/mol. The number of nitrogens with zero attached hydrogens (tertiary/aromatic N) is 3. The van der Waals surface area contributed by atoms with Gasteiger partial charge < -0.3 is 15.6 Å². The van der Waals surface area contributed by atoms with Gasteiger partial charge in [-0.1, -0.05) is 61.9 Å². The van der Waals surface area contributed by atoms with Crippen molar-refractivity contribution in [3.8, 4) is 22.6 Å². The number of hydroxylamine groups is 1. The molecular formula is C32H33N5O5. The molecule has 10 heteroatoms. The average Bonchev–Trinajstić information content (AvgIpc) is 3.42. The number of hydrogen-bond acceptors (Lipinski definition) is 8. The summed E-state index contributed by atoms with van der Waals surface area (Å²) in [5.41, 5.74) is 13.6. The molecule has 4 N–H and O–H groups in total. The highest BCUT2D eigenvalue weighted by atomic mass is 16.7. The Balaban J connectivity index is 1.45. The van der Waals surface area contributed by atoms with Crippen LogP contribution in [0.1, 0.15) is 48.5 Å². The SMILES string of the molecule is CCCc1nc(C)n(-c2ccc(OC(C)C(N)=O)cc2)c(=O)c1Cc1ccc(-c2ccccc2C2=NC(O)ON2)cc1. The molecule has 1 amide bonds. The van der Waals surface area contributed by atoms with Crippen molar-refractivity contribution in [3.05, 3.63) is 111 Å². The van der Waals surface area contributed by atoms with Crippen LogP contribution in [0, 0.1) is 6.92 Å². The van der Waals surface area contributed by atoms with E-state index >= 15 is 0 Å². The van der Waals surface area contributed by atoms with Crippen molar-refractivity contribution < 1.29 is 19.5 Å². The van der Waals surface area contributed by atoms with Crippen LogP contribution in [0.25, 0.3) is 16.8 Å². The van der Waals surface area contributed by atoms with Crippen molar-refractivity contribution in [1.29, 1.82) is 0 Å². The first kappa shape index (κ1) is 28.7. The molecule has 216 valence electrons. The molecular weight excluding hydrogens is 534 g/mol. The Morgan fingerprint density at radius 2 is 1.79 bits per heavy atom. The molecule has 0 aliphatic carbocycles. The fourth-order valence-electron chi connectivity index (χ4n) is 4.92. The van der Waals surface area contributed by atoms with Crippen molar-refractivity contribution in [1.82, 2.24) is 15.0 Å². The summed E-state index contributed by atoms with van der Waals surface area (Å²) in [6, 6.07) is 22.7. The van der Waals surface area contributed by atoms with E-state index < -0.39 is 18.4 Å². The third-order valence-electron chi connectivity index (χ3n) is 7.05. The number of carbonyl (C=O) groups excluding carboxylic acids is 1. The van der Waals surface area contributed by atoms with Crippen LogP contribution >= 0.6 is 0 Å². The van der Waals surface area contributed by atoms with Gasteiger partial charge in [0, 0.05) is 17.5 Å². The molecule has 1 aromatic heterocycles. The van der Waals surface area contributed by atoms with E-state index in [1.54, 1.807) is 35.8 Å². The van der Waals surface area contributed by atoms with Crippen LogP contribution in [-0.2, 0) is 22.5 Å². The van der Waals surface area contributed by atoms with Gasteiger partial charge in [-0.25, -0.2) is 20.3 Å². The molecule has 0 fully saturated rings. The predicted octanol–water partition coefficient (Wildman–Crippen LogP) is 3.56. The van der Waals surface area contributed by atoms with E-state index in [0.29, 0.717) is 41.5 Å². The first-order valence-electron chi connectivity index (χ1n) is 13.8. The molecule has 0 saturated carbocycles. The number of primary amides is 1. The van der Waals surface area contributed by atoms with Crippen LogP contribution in [0.2, 0.25) is 0 Å². The first-order valence-corrected chi connectivity index (χ1v) is 13.8. The minimum Gasteiger partial charge on any atom is -0.481 e. The van der Waals surface area contributed by atoms with Crippen LogP contribution < -0.4 is 21.5 Å². The molecule has 42 heavy (non-hydrogen) atoms. The molecule has 2 heterocycles. The summed E-state index contributed by atoms with van der Waals surface area (Å²) in [4.78, 5) is 39.2. The zero-order valence-corrected chi connectivity index (χ0v) is 23.7. The van der Waals surface area contributed by atoms with Crippen LogP contribution in [0.15, 0.2) is 82.6 Å². The number of ether oxygens (including phenoxy) is 1. The van der Waals surface area contributed by atoms with Crippen molar-refractivity contribution in [2.45, 2.75) is 52.6 Å². The quantitative estimate of drug-likeness (QED) is 0.266. The van der Waals surface area contributed by atoms with Gasteiger partial charge in [0.2, 0.25) is 0 Å². The fourth-order valence-corrected chi connectivity index (χ4v) is 4.92. The summed E-state index contributed by atoms with van der Waals surface area (Å²) in [5, 5.41) is 9.63. The number of aliphatic hydroxyl groups excluding tert-OH is 1. The summed E-state index contributed by atoms with van der Waals surface area (Å²) in [7, 11) is 0. The van der Waals surface area contributed by atoms with E-state index in [0.717, 1.165) is 34.4 Å². The highest BCUT2D eigenvalue weighted by molar-refractivity contribution is 6.04. The molecule has 1 aliphatic heterocycles. The molecule has 2 atom stereocenters. The van der Waals surface area contributed by atoms with E-state index in [1.807, 2.05) is 55.5 Å². The number of aliphatic hydroxyl groups is 1. The number of hydrogen-bond donors (Lipinski definition) is 3. The van der Waals surface area contributed by atoms with Crippen LogP contribution in [-0.4, -0.2) is 38.9 Å². The Morgan fingerprint density at radius 3 is 2.40 bits per heavy atom. The zero-order valence-electron chi connectivity index (χ0n) is 23.7. The Morgan fingerprint density at radius 1 is 1.10 bits per heavy atom. The molecule has 0 saturated heterocycles. The lowest BCUT2D eigenvalue weighted by molar-refractivity contribution is -0.123. The number of nitrogens with two attached hydrogens (primary N) is 1. The lowest BCUT2D eigenvalue weighted by Gasteiger charge is -2.17. The number of amidine groups is 1. The van der Waals surface area contributed by atoms with Crippen molar-refractivity contribution in [2.75, 3.05) is 0 Å². The summed E-state index contributed by atoms with van der Waals surface area (Å²) in [5.74, 6) is 0.974. The second-order valence-electron chi connectivity index (χ2n) is 10.1. The minimum absolute atomic E-state index is 0.122. The lowest BCUT2D eigenvalue weighted by atomic mass is 9.96. The Kier molecular flexibility index (Phi) is 8.46. The van der Waals surface area contributed by atoms with Gasteiger partial charge in [0.1, 0.15) is 11.6 Å². The van der Waals surface area contributed by atoms with E-state index in [4.69, 9.17) is 20.3 Å². The molecule has 5 rings (SSSR count). The molecule has 1 aliphatic rings. The smallest absolute Gasteiger partial charge is 0.280 e. The van der Waals surface area contributed by atoms with E-state index in [9.17, 15) is 14.7 Å². The topological polar surface area (TPSA) is 141 Å². The van der Waals surface area contributed by atoms with Crippen LogP contribution in [0.4, 0.5) is 0 Å². The standard InChI is InChI=1S/C32H33N5O5/c1-4-7-28-27(31(39)37(20(3)34-28)23-14-16-24(17-15-23)41-19(2)29(33)38)18-21-10-12-22(13-11-21)25-8-5-6-9-26(25)30-35-32(40)42-36-30/h5-6,8-17,19,32,40H,4,7,18H2,1-3H3,(H2,33,38)(H,35,36). The Hall–Kier alpha value is -4.80. The lowest BCUT2D eigenvalue weighted by Crippen LogP contribution is -2.30. The van der Waals surface area contributed by atoms with Crippen LogP contribution in [0.5, 0.6) is 5.75 Å². The summed E-state index contributed by atoms with van der Waals surface area (Å²) < 4.78 is 7.16. The van der Waals surface area contributed by atoms with Gasteiger partial charge in [0.25, 0.3) is 17.9 Å². The van der Waals surface area contributed by atoms with Gasteiger partial charge in [-0.3, -0.25) is 14.2 Å². The normalized spacial score (nSPS) is 15.1. The van der Waals surface area contributed by atoms with Gasteiger partial charge in [-0.2, -0.15) is 0 Å². The van der Waals surface area contributed by atoms with Gasteiger partial charge in [0.15, 0.2) is 11.9 Å². The maximum Gasteiger partial charge on any atom is 0.280 e. The molecule has 4 aromatic rings. The number of aromatic nitrogens is 2. The third-order valence-corrected chi connectivity index (χ3v) is 7.05. The zero-order chi connectivity index (χ0) is 29.8. The number of aryl methyl sites for hydroxylation is 2. The number of amides is 1. The Bertz CT molecular complexity index is 1680. The largest absolute Gasteiger partial charge is 0.481 e. The highest BCUT2D eigenvalue weighted by Gasteiger charge is 2.20. The molecule has 10 nitrogen and oxygen atoms in total. The Labute approximate surface area is 243 Å². The summed E-state index contributed by atoms with van der Waals surface area (Å²) >= 11 is 0. The van der Waals surface area contributed by atoms with Crippen LogP contribution in [0.3, 0.4) is 0 Å². The second-order valence-corrected chi connectivity index (χ2v) is 10.1. The molecule has 2 unspecified atom stereocenters. The number of rotatable bonds is 10. The minimum atomic E-state index is -1.24. The van der Waals surface area contributed by atoms with Crippen molar-refractivity contribution in [3.63, 3.8) is 0 Å². The van der Waals surface area contributed by atoms with Gasteiger partial charge in [0.05, 0.1) is 11.4 Å². The van der Waals surface area contributed by atoms with Crippen molar-refractivity contribution in [2.24, 2.45) is 10.7 Å². The monoisotopic (exact) mass is 567 g/mol. The first-order chi connectivity index (χ1) is 20.2. The van der Waals surface area contributed by atoms with Gasteiger partial charge in [-0.05, 0) is 61.2 Å². The number of carbonyl (C=O) groups is 1. The molecule has 3 aromatic carbocycles. The maximum atomic E-state index is 13.9. The number of nitrogens with one attached hydrogen (secondary N) is 1.